The molecule has 0 aliphatic rings. The summed E-state index contributed by atoms with van der Waals surface area (Å²) < 4.78 is 0. The molecule has 0 spiro atoms. The molecule has 2 aromatic rings. The Morgan fingerprint density at radius 1 is 1.11 bits per heavy atom. The fraction of sp³-hybridized carbons (Fsp3) is 0.188. The second-order valence-electron chi connectivity index (χ2n) is 4.64. The van der Waals surface area contributed by atoms with Crippen molar-refractivity contribution in [1.29, 1.82) is 0 Å². The molecule has 3 heteroatoms. The molecule has 0 saturated heterocycles. The summed E-state index contributed by atoms with van der Waals surface area (Å²) in [6.07, 6.45) is 0. The monoisotopic (exact) mass is 254 g/mol. The summed E-state index contributed by atoms with van der Waals surface area (Å²) in [6, 6.07) is 17.6. The van der Waals surface area contributed by atoms with Gasteiger partial charge in [-0.05, 0) is 30.2 Å². The Balaban J connectivity index is 1.96. The molecule has 98 valence electrons. The van der Waals surface area contributed by atoms with Crippen molar-refractivity contribution in [2.45, 2.75) is 13.5 Å². The maximum Gasteiger partial charge on any atom is 0.321 e. The fourth-order valence-corrected chi connectivity index (χ4v) is 1.87. The highest BCUT2D eigenvalue weighted by Crippen LogP contribution is 2.11. The van der Waals surface area contributed by atoms with E-state index in [2.05, 4.69) is 5.32 Å². The summed E-state index contributed by atoms with van der Waals surface area (Å²) in [5.74, 6) is 0. The average molecular weight is 254 g/mol. The molecule has 0 radical (unpaired) electrons. The van der Waals surface area contributed by atoms with Crippen LogP contribution in [0.5, 0.6) is 0 Å². The van der Waals surface area contributed by atoms with E-state index in [1.165, 1.54) is 0 Å². The second kappa shape index (κ2) is 6.05. The molecular formula is C16H18N2O. The number of amides is 2. The normalized spacial score (nSPS) is 10.0. The zero-order chi connectivity index (χ0) is 13.7. The first-order valence-electron chi connectivity index (χ1n) is 6.28. The molecular weight excluding hydrogens is 236 g/mol. The van der Waals surface area contributed by atoms with E-state index in [1.54, 1.807) is 11.9 Å². The van der Waals surface area contributed by atoms with Crippen LogP contribution in [-0.2, 0) is 6.54 Å². The van der Waals surface area contributed by atoms with Crippen LogP contribution in [0.3, 0.4) is 0 Å². The average Bonchev–Trinajstić information content (AvgIpc) is 2.40. The highest BCUT2D eigenvalue weighted by molar-refractivity contribution is 5.89. The topological polar surface area (TPSA) is 32.3 Å². The minimum atomic E-state index is -0.102. The number of aryl methyl sites for hydroxylation is 1. The minimum Gasteiger partial charge on any atom is -0.323 e. The van der Waals surface area contributed by atoms with Gasteiger partial charge in [0.2, 0.25) is 0 Å². The molecule has 0 saturated carbocycles. The third-order valence-corrected chi connectivity index (χ3v) is 2.88. The Bertz CT molecular complexity index is 552. The quantitative estimate of drug-likeness (QED) is 0.890. The summed E-state index contributed by atoms with van der Waals surface area (Å²) >= 11 is 0. The van der Waals surface area contributed by atoms with Gasteiger partial charge in [-0.3, -0.25) is 0 Å². The van der Waals surface area contributed by atoms with Crippen LogP contribution in [0.1, 0.15) is 11.1 Å². The molecule has 0 fully saturated rings. The first-order chi connectivity index (χ1) is 9.15. The Morgan fingerprint density at radius 3 is 2.53 bits per heavy atom. The third kappa shape index (κ3) is 3.85. The van der Waals surface area contributed by atoms with Gasteiger partial charge in [-0.25, -0.2) is 4.79 Å². The number of nitrogens with one attached hydrogen (secondary N) is 1. The molecule has 2 amide bonds. The maximum absolute atomic E-state index is 12.0. The van der Waals surface area contributed by atoms with E-state index in [0.29, 0.717) is 6.54 Å². The number of urea groups is 1. The van der Waals surface area contributed by atoms with E-state index < -0.39 is 0 Å². The van der Waals surface area contributed by atoms with Crippen LogP contribution in [0.4, 0.5) is 10.5 Å². The van der Waals surface area contributed by atoms with E-state index in [0.717, 1.165) is 16.8 Å². The summed E-state index contributed by atoms with van der Waals surface area (Å²) in [5.41, 5.74) is 3.07. The lowest BCUT2D eigenvalue weighted by Crippen LogP contribution is -2.30. The van der Waals surface area contributed by atoms with E-state index in [4.69, 9.17) is 0 Å². The maximum atomic E-state index is 12.0. The lowest BCUT2D eigenvalue weighted by molar-refractivity contribution is 0.220. The van der Waals surface area contributed by atoms with Crippen molar-refractivity contribution < 1.29 is 4.79 Å². The first kappa shape index (κ1) is 13.1. The first-order valence-corrected chi connectivity index (χ1v) is 6.28. The standard InChI is InChI=1S/C16H18N2O/c1-13-7-6-10-15(11-13)17-16(19)18(2)12-14-8-4-3-5-9-14/h3-11H,12H2,1-2H3,(H,17,19). The van der Waals surface area contributed by atoms with Crippen LogP contribution >= 0.6 is 0 Å². The van der Waals surface area contributed by atoms with E-state index >= 15 is 0 Å². The van der Waals surface area contributed by atoms with Gasteiger partial charge >= 0.3 is 6.03 Å². The van der Waals surface area contributed by atoms with Gasteiger partial charge in [-0.15, -0.1) is 0 Å². The zero-order valence-electron chi connectivity index (χ0n) is 11.3. The van der Waals surface area contributed by atoms with Crippen molar-refractivity contribution >= 4 is 11.7 Å². The number of benzene rings is 2. The summed E-state index contributed by atoms with van der Waals surface area (Å²) in [7, 11) is 1.79. The van der Waals surface area contributed by atoms with Gasteiger partial charge in [0.15, 0.2) is 0 Å². The van der Waals surface area contributed by atoms with E-state index in [-0.39, 0.29) is 6.03 Å². The molecule has 2 rings (SSSR count). The van der Waals surface area contributed by atoms with Crippen molar-refractivity contribution in [1.82, 2.24) is 4.90 Å². The number of carbonyl (C=O) groups excluding carboxylic acids is 1. The van der Waals surface area contributed by atoms with E-state index in [1.807, 2.05) is 61.5 Å². The number of hydrogen-bond acceptors (Lipinski definition) is 1. The number of nitrogens with zero attached hydrogens (tertiary/aromatic N) is 1. The molecule has 2 aromatic carbocycles. The lowest BCUT2D eigenvalue weighted by Gasteiger charge is -2.18. The molecule has 0 aliphatic heterocycles. The number of hydrogen-bond donors (Lipinski definition) is 1. The Labute approximate surface area is 113 Å². The van der Waals surface area contributed by atoms with Crippen LogP contribution in [0.25, 0.3) is 0 Å². The van der Waals surface area contributed by atoms with Crippen LogP contribution in [0.15, 0.2) is 54.6 Å². The smallest absolute Gasteiger partial charge is 0.321 e. The SMILES string of the molecule is Cc1cccc(NC(=O)N(C)Cc2ccccc2)c1. The van der Waals surface area contributed by atoms with Gasteiger partial charge in [-0.2, -0.15) is 0 Å². The predicted molar refractivity (Wildman–Crippen MR) is 78.1 cm³/mol. The van der Waals surface area contributed by atoms with Crippen molar-refractivity contribution in [3.63, 3.8) is 0 Å². The Hall–Kier alpha value is -2.29. The molecule has 0 bridgehead atoms. The molecule has 3 nitrogen and oxygen atoms in total. The Kier molecular flexibility index (Phi) is 4.18. The largest absolute Gasteiger partial charge is 0.323 e. The molecule has 0 atom stereocenters. The Morgan fingerprint density at radius 2 is 1.84 bits per heavy atom. The van der Waals surface area contributed by atoms with Gasteiger partial charge in [-0.1, -0.05) is 42.5 Å². The predicted octanol–water partition coefficient (Wildman–Crippen LogP) is 3.66. The second-order valence-corrected chi connectivity index (χ2v) is 4.64. The van der Waals surface area contributed by atoms with Crippen molar-refractivity contribution in [2.24, 2.45) is 0 Å². The molecule has 1 N–H and O–H groups in total. The van der Waals surface area contributed by atoms with Crippen molar-refractivity contribution in [2.75, 3.05) is 12.4 Å². The number of anilines is 1. The highest BCUT2D eigenvalue weighted by atomic mass is 16.2. The summed E-state index contributed by atoms with van der Waals surface area (Å²) in [6.45, 7) is 2.60. The van der Waals surface area contributed by atoms with Crippen LogP contribution in [0.2, 0.25) is 0 Å². The fourth-order valence-electron chi connectivity index (χ4n) is 1.87. The third-order valence-electron chi connectivity index (χ3n) is 2.88. The highest BCUT2D eigenvalue weighted by Gasteiger charge is 2.08. The molecule has 0 unspecified atom stereocenters. The van der Waals surface area contributed by atoms with Crippen LogP contribution in [0, 0.1) is 6.92 Å². The van der Waals surface area contributed by atoms with Crippen molar-refractivity contribution in [3.8, 4) is 0 Å². The summed E-state index contributed by atoms with van der Waals surface area (Å²) in [5, 5.41) is 2.89. The van der Waals surface area contributed by atoms with Crippen LogP contribution < -0.4 is 5.32 Å². The molecule has 0 aromatic heterocycles. The number of rotatable bonds is 3. The van der Waals surface area contributed by atoms with Gasteiger partial charge in [0.05, 0.1) is 0 Å². The minimum absolute atomic E-state index is 0.102. The summed E-state index contributed by atoms with van der Waals surface area (Å²) in [4.78, 5) is 13.7. The van der Waals surface area contributed by atoms with Gasteiger partial charge in [0.1, 0.15) is 0 Å². The van der Waals surface area contributed by atoms with E-state index in [9.17, 15) is 4.79 Å². The van der Waals surface area contributed by atoms with Crippen molar-refractivity contribution in [3.05, 3.63) is 65.7 Å². The molecule has 0 aliphatic carbocycles. The molecule has 19 heavy (non-hydrogen) atoms. The van der Waals surface area contributed by atoms with Gasteiger partial charge in [0, 0.05) is 19.3 Å². The van der Waals surface area contributed by atoms with Gasteiger partial charge < -0.3 is 10.2 Å². The zero-order valence-corrected chi connectivity index (χ0v) is 11.3. The van der Waals surface area contributed by atoms with Crippen LogP contribution in [-0.4, -0.2) is 18.0 Å². The van der Waals surface area contributed by atoms with Gasteiger partial charge in [0.25, 0.3) is 0 Å². The molecule has 0 heterocycles. The lowest BCUT2D eigenvalue weighted by atomic mass is 10.2. The number of carbonyl (C=O) groups is 1.